The fourth-order valence-electron chi connectivity index (χ4n) is 3.50. The third-order valence-corrected chi connectivity index (χ3v) is 6.03. The number of thiol groups is 1. The molecule has 14 heteroatoms. The smallest absolute Gasteiger partial charge is 0.327 e. The maximum Gasteiger partial charge on any atom is 0.327 e. The summed E-state index contributed by atoms with van der Waals surface area (Å²) in [6, 6.07) is 2.06. The van der Waals surface area contributed by atoms with Crippen LogP contribution in [0, 0.1) is 0 Å². The summed E-state index contributed by atoms with van der Waals surface area (Å²) >= 11 is 3.90. The van der Waals surface area contributed by atoms with Crippen LogP contribution in [0.4, 0.5) is 0 Å². The molecule has 1 heterocycles. The van der Waals surface area contributed by atoms with E-state index in [9.17, 15) is 34.2 Å². The van der Waals surface area contributed by atoms with E-state index >= 15 is 0 Å². The number of hydrogen-bond donors (Lipinski definition) is 9. The van der Waals surface area contributed by atoms with Crippen LogP contribution in [0.3, 0.4) is 0 Å². The molecule has 0 bridgehead atoms. The number of H-pyrrole nitrogens is 1. The minimum Gasteiger partial charge on any atom is -0.480 e. The first-order chi connectivity index (χ1) is 17.4. The van der Waals surface area contributed by atoms with E-state index in [1.54, 1.807) is 12.3 Å². The molecule has 0 spiro atoms. The highest BCUT2D eigenvalue weighted by Gasteiger charge is 2.31. The fraction of sp³-hybridized carbons (Fsp3) is 0.435. The van der Waals surface area contributed by atoms with Crippen molar-refractivity contribution in [3.63, 3.8) is 0 Å². The van der Waals surface area contributed by atoms with E-state index in [2.05, 4.69) is 33.6 Å². The zero-order valence-electron chi connectivity index (χ0n) is 20.1. The largest absolute Gasteiger partial charge is 0.480 e. The number of primary amides is 1. The predicted molar refractivity (Wildman–Crippen MR) is 137 cm³/mol. The summed E-state index contributed by atoms with van der Waals surface area (Å²) in [6.07, 6.45) is -0.0179. The number of aliphatic hydroxyl groups excluding tert-OH is 1. The number of amides is 4. The standard InChI is InChI=1S/C23H32N6O7S/c1-11(30)19(25)22(34)28-16(8-12-9-26-14-5-3-2-4-13(12)14)21(33)27-15(6-7-18(24)31)20(32)29-17(10-37)23(35)36/h2-5,9,11,15-17,19,26,30,37H,6-8,10,25H2,1H3,(H2,24,31)(H,27,33)(H,28,34)(H,29,32)(H,35,36). The number of fused-ring (bicyclic) bond motifs is 1. The molecule has 2 aromatic rings. The van der Waals surface area contributed by atoms with E-state index in [-0.39, 0.29) is 25.0 Å². The van der Waals surface area contributed by atoms with Gasteiger partial charge < -0.3 is 42.6 Å². The molecule has 0 fully saturated rings. The van der Waals surface area contributed by atoms with Gasteiger partial charge in [0.05, 0.1) is 6.10 Å². The first-order valence-electron chi connectivity index (χ1n) is 11.5. The second-order valence-electron chi connectivity index (χ2n) is 8.54. The molecule has 1 aromatic carbocycles. The summed E-state index contributed by atoms with van der Waals surface area (Å²) in [4.78, 5) is 64.4. The lowest BCUT2D eigenvalue weighted by atomic mass is 10.0. The number of nitrogens with one attached hydrogen (secondary N) is 4. The van der Waals surface area contributed by atoms with E-state index in [0.29, 0.717) is 5.56 Å². The van der Waals surface area contributed by atoms with Gasteiger partial charge in [-0.25, -0.2) is 4.79 Å². The normalized spacial score (nSPS) is 15.1. The molecule has 4 amide bonds. The summed E-state index contributed by atoms with van der Waals surface area (Å²) in [5.74, 6) is -4.74. The predicted octanol–water partition coefficient (Wildman–Crippen LogP) is -1.85. The van der Waals surface area contributed by atoms with Gasteiger partial charge in [-0.15, -0.1) is 0 Å². The summed E-state index contributed by atoms with van der Waals surface area (Å²) in [7, 11) is 0. The number of benzene rings is 1. The average Bonchev–Trinajstić information content (AvgIpc) is 3.26. The number of aliphatic hydroxyl groups is 1. The lowest BCUT2D eigenvalue weighted by molar-refractivity contribution is -0.141. The van der Waals surface area contributed by atoms with Crippen LogP contribution in [-0.2, 0) is 30.4 Å². The number of carboxylic acid groups (broad SMARTS) is 1. The number of nitrogens with two attached hydrogens (primary N) is 2. The van der Waals surface area contributed by atoms with Crippen LogP contribution in [0.15, 0.2) is 30.5 Å². The highest BCUT2D eigenvalue weighted by Crippen LogP contribution is 2.19. The third-order valence-electron chi connectivity index (χ3n) is 5.66. The van der Waals surface area contributed by atoms with Crippen LogP contribution in [0.25, 0.3) is 10.9 Å². The summed E-state index contributed by atoms with van der Waals surface area (Å²) in [5, 5.41) is 26.9. The zero-order valence-corrected chi connectivity index (χ0v) is 21.0. The Morgan fingerprint density at radius 2 is 1.59 bits per heavy atom. The quantitative estimate of drug-likeness (QED) is 0.124. The average molecular weight is 537 g/mol. The highest BCUT2D eigenvalue weighted by atomic mass is 32.1. The monoisotopic (exact) mass is 536 g/mol. The number of para-hydroxylation sites is 1. The van der Waals surface area contributed by atoms with Crippen LogP contribution in [0.1, 0.15) is 25.3 Å². The van der Waals surface area contributed by atoms with E-state index < -0.39 is 59.9 Å². The Hall–Kier alpha value is -3.62. The number of carboxylic acids is 1. The molecule has 13 nitrogen and oxygen atoms in total. The van der Waals surface area contributed by atoms with Gasteiger partial charge in [0.1, 0.15) is 24.2 Å². The molecule has 0 radical (unpaired) electrons. The maximum absolute atomic E-state index is 13.3. The summed E-state index contributed by atoms with van der Waals surface area (Å²) < 4.78 is 0. The van der Waals surface area contributed by atoms with Gasteiger partial charge in [-0.05, 0) is 25.0 Å². The second-order valence-corrected chi connectivity index (χ2v) is 8.90. The fourth-order valence-corrected chi connectivity index (χ4v) is 3.75. The minimum atomic E-state index is -1.34. The van der Waals surface area contributed by atoms with Crippen molar-refractivity contribution < 1.29 is 34.2 Å². The van der Waals surface area contributed by atoms with Gasteiger partial charge in [-0.1, -0.05) is 18.2 Å². The van der Waals surface area contributed by atoms with Gasteiger partial charge in [0, 0.05) is 35.7 Å². The molecule has 10 N–H and O–H groups in total. The van der Waals surface area contributed by atoms with Crippen LogP contribution in [-0.4, -0.2) is 80.8 Å². The topological polar surface area (TPSA) is 230 Å². The molecule has 2 rings (SSSR count). The van der Waals surface area contributed by atoms with Gasteiger partial charge in [0.15, 0.2) is 0 Å². The van der Waals surface area contributed by atoms with Crippen molar-refractivity contribution in [2.45, 2.75) is 56.5 Å². The first-order valence-corrected chi connectivity index (χ1v) is 12.1. The molecule has 1 aromatic heterocycles. The van der Waals surface area contributed by atoms with Gasteiger partial charge in [-0.3, -0.25) is 19.2 Å². The van der Waals surface area contributed by atoms with Crippen molar-refractivity contribution in [1.29, 1.82) is 0 Å². The summed E-state index contributed by atoms with van der Waals surface area (Å²) in [6.45, 7) is 1.32. The van der Waals surface area contributed by atoms with Crippen LogP contribution in [0.2, 0.25) is 0 Å². The third kappa shape index (κ3) is 8.48. The van der Waals surface area contributed by atoms with Crippen LogP contribution >= 0.6 is 12.6 Å². The Labute approximate surface area is 218 Å². The van der Waals surface area contributed by atoms with Crippen molar-refractivity contribution in [2.24, 2.45) is 11.5 Å². The van der Waals surface area contributed by atoms with Crippen LogP contribution in [0.5, 0.6) is 0 Å². The molecule has 202 valence electrons. The van der Waals surface area contributed by atoms with Crippen molar-refractivity contribution in [3.05, 3.63) is 36.0 Å². The molecule has 0 aliphatic carbocycles. The molecule has 37 heavy (non-hydrogen) atoms. The van der Waals surface area contributed by atoms with Gasteiger partial charge in [-0.2, -0.15) is 12.6 Å². The van der Waals surface area contributed by atoms with Gasteiger partial charge in [0.2, 0.25) is 23.6 Å². The number of aromatic nitrogens is 1. The molecule has 0 aliphatic heterocycles. The minimum absolute atomic E-state index is 0.00728. The molecule has 5 atom stereocenters. The zero-order chi connectivity index (χ0) is 27.7. The molecular formula is C23H32N6O7S. The van der Waals surface area contributed by atoms with E-state index in [0.717, 1.165) is 10.9 Å². The Balaban J connectivity index is 2.31. The van der Waals surface area contributed by atoms with E-state index in [4.69, 9.17) is 11.5 Å². The molecule has 0 aliphatic rings. The van der Waals surface area contributed by atoms with Gasteiger partial charge in [0.25, 0.3) is 0 Å². The molecular weight excluding hydrogens is 504 g/mol. The molecule has 0 saturated heterocycles. The number of hydrogen-bond acceptors (Lipinski definition) is 8. The Morgan fingerprint density at radius 3 is 2.19 bits per heavy atom. The lowest BCUT2D eigenvalue weighted by Gasteiger charge is -2.25. The summed E-state index contributed by atoms with van der Waals surface area (Å²) in [5.41, 5.74) is 12.4. The number of aliphatic carboxylic acids is 1. The van der Waals surface area contributed by atoms with E-state index in [1.807, 2.05) is 18.2 Å². The van der Waals surface area contributed by atoms with Crippen molar-refractivity contribution in [1.82, 2.24) is 20.9 Å². The lowest BCUT2D eigenvalue weighted by Crippen LogP contribution is -2.58. The Bertz CT molecular complexity index is 1140. The Kier molecular flexibility index (Phi) is 10.9. The molecule has 0 saturated carbocycles. The van der Waals surface area contributed by atoms with E-state index in [1.165, 1.54) is 6.92 Å². The first kappa shape index (κ1) is 29.6. The number of carbonyl (C=O) groups excluding carboxylic acids is 4. The molecule has 5 unspecified atom stereocenters. The Morgan fingerprint density at radius 1 is 1.00 bits per heavy atom. The van der Waals surface area contributed by atoms with Crippen molar-refractivity contribution in [3.8, 4) is 0 Å². The second kappa shape index (κ2) is 13.6. The van der Waals surface area contributed by atoms with Gasteiger partial charge >= 0.3 is 5.97 Å². The number of rotatable bonds is 14. The number of carbonyl (C=O) groups is 5. The number of aromatic amines is 1. The van der Waals surface area contributed by atoms with Crippen LogP contribution < -0.4 is 27.4 Å². The van der Waals surface area contributed by atoms with Crippen molar-refractivity contribution >= 4 is 53.1 Å². The highest BCUT2D eigenvalue weighted by molar-refractivity contribution is 7.80. The SMILES string of the molecule is CC(O)C(N)C(=O)NC(Cc1c[nH]c2ccccc12)C(=O)NC(CCC(N)=O)C(=O)NC(CS)C(=O)O. The maximum atomic E-state index is 13.3. The van der Waals surface area contributed by atoms with Crippen molar-refractivity contribution in [2.75, 3.05) is 5.75 Å².